The van der Waals surface area contributed by atoms with E-state index in [-0.39, 0.29) is 11.9 Å². The van der Waals surface area contributed by atoms with E-state index < -0.39 is 30.6 Å². The zero-order chi connectivity index (χ0) is 17.5. The second kappa shape index (κ2) is 10.1. The van der Waals surface area contributed by atoms with E-state index in [1.54, 1.807) is 48.5 Å². The molecule has 2 rings (SSSR count). The minimum Gasteiger partial charge on any atom is -0.610 e. The van der Waals surface area contributed by atoms with Crippen LogP contribution in [0.2, 0.25) is 10.0 Å². The van der Waals surface area contributed by atoms with Crippen LogP contribution in [0.15, 0.2) is 58.3 Å². The maximum Gasteiger partial charge on any atom is 0.326 e. The van der Waals surface area contributed by atoms with E-state index in [2.05, 4.69) is 0 Å². The molecule has 0 saturated carbocycles. The third-order valence-corrected chi connectivity index (χ3v) is 6.66. The van der Waals surface area contributed by atoms with Crippen molar-refractivity contribution in [3.05, 3.63) is 58.6 Å². The van der Waals surface area contributed by atoms with Gasteiger partial charge in [0.2, 0.25) is 11.9 Å². The molecule has 0 amide bonds. The van der Waals surface area contributed by atoms with Gasteiger partial charge < -0.3 is 9.11 Å². The Bertz CT molecular complexity index is 614. The molecule has 5 nitrogen and oxygen atoms in total. The van der Waals surface area contributed by atoms with Crippen LogP contribution in [0, 0.1) is 0 Å². The Balaban J connectivity index is 1.74. The first-order valence-electron chi connectivity index (χ1n) is 6.53. The lowest BCUT2D eigenvalue weighted by molar-refractivity contribution is 0.275. The van der Waals surface area contributed by atoms with Crippen molar-refractivity contribution in [1.82, 2.24) is 0 Å². The van der Waals surface area contributed by atoms with Crippen molar-refractivity contribution >= 4 is 53.8 Å². The standard InChI is InChI=1S/C14H13Cl2O5PS2/c15-11-1-5-13(6-2-11)23(18)9-20-22(17)21-10-24(19)14-7-3-12(16)4-8-14/h1-8,22H,9-10H2/t23-,24-/m1/s1. The summed E-state index contributed by atoms with van der Waals surface area (Å²) in [5.41, 5.74) is 0. The molecule has 0 aliphatic heterocycles. The van der Waals surface area contributed by atoms with Crippen molar-refractivity contribution in [3.8, 4) is 0 Å². The number of rotatable bonds is 8. The summed E-state index contributed by atoms with van der Waals surface area (Å²) in [5, 5.41) is 1.05. The van der Waals surface area contributed by atoms with Crippen molar-refractivity contribution in [1.29, 1.82) is 0 Å². The summed E-state index contributed by atoms with van der Waals surface area (Å²) >= 11 is 8.50. The molecule has 0 heterocycles. The monoisotopic (exact) mass is 426 g/mol. The molecule has 2 atom stereocenters. The molecule has 0 spiro atoms. The van der Waals surface area contributed by atoms with E-state index in [0.29, 0.717) is 19.8 Å². The van der Waals surface area contributed by atoms with Gasteiger partial charge in [-0.15, -0.1) is 0 Å². The lowest BCUT2D eigenvalue weighted by Gasteiger charge is -2.12. The van der Waals surface area contributed by atoms with Gasteiger partial charge in [-0.05, 0) is 48.5 Å². The van der Waals surface area contributed by atoms with Gasteiger partial charge in [-0.1, -0.05) is 23.2 Å². The zero-order valence-corrected chi connectivity index (χ0v) is 16.3. The largest absolute Gasteiger partial charge is 0.610 e. The number of hydrogen-bond acceptors (Lipinski definition) is 5. The number of hydrogen-bond donors (Lipinski definition) is 0. The molecule has 0 fully saturated rings. The number of halogens is 2. The molecule has 0 saturated heterocycles. The van der Waals surface area contributed by atoms with E-state index in [4.69, 9.17) is 32.2 Å². The Morgan fingerprint density at radius 2 is 1.12 bits per heavy atom. The Hall–Kier alpha value is -0.210. The Labute approximate surface area is 156 Å². The van der Waals surface area contributed by atoms with Gasteiger partial charge >= 0.3 is 8.25 Å². The topological polar surface area (TPSA) is 81.7 Å². The summed E-state index contributed by atoms with van der Waals surface area (Å²) in [4.78, 5) is 0.998. The summed E-state index contributed by atoms with van der Waals surface area (Å²) in [6, 6.07) is 12.8. The van der Waals surface area contributed by atoms with Gasteiger partial charge in [-0.25, -0.2) is 0 Å². The summed E-state index contributed by atoms with van der Waals surface area (Å²) in [6.45, 7) is 0. The van der Waals surface area contributed by atoms with Crippen LogP contribution in [0.3, 0.4) is 0 Å². The van der Waals surface area contributed by atoms with Gasteiger partial charge in [-0.2, -0.15) is 0 Å². The van der Waals surface area contributed by atoms with Crippen molar-refractivity contribution in [2.45, 2.75) is 9.79 Å². The van der Waals surface area contributed by atoms with Crippen LogP contribution in [0.5, 0.6) is 0 Å². The van der Waals surface area contributed by atoms with Crippen molar-refractivity contribution < 1.29 is 22.7 Å². The van der Waals surface area contributed by atoms with E-state index >= 15 is 0 Å². The third-order valence-electron chi connectivity index (χ3n) is 2.72. The Morgan fingerprint density at radius 3 is 1.46 bits per heavy atom. The summed E-state index contributed by atoms with van der Waals surface area (Å²) in [7, 11) is -2.90. The van der Waals surface area contributed by atoms with Crippen LogP contribution in [0.25, 0.3) is 0 Å². The van der Waals surface area contributed by atoms with Crippen LogP contribution in [0.1, 0.15) is 0 Å². The fourth-order valence-corrected chi connectivity index (χ4v) is 4.67. The number of benzene rings is 2. The Kier molecular flexibility index (Phi) is 8.43. The molecule has 0 radical (unpaired) electrons. The van der Waals surface area contributed by atoms with Crippen LogP contribution in [-0.2, 0) is 36.0 Å². The smallest absolute Gasteiger partial charge is 0.326 e. The molecular weight excluding hydrogens is 414 g/mol. The van der Waals surface area contributed by atoms with E-state index in [9.17, 15) is 13.7 Å². The molecule has 0 N–H and O–H groups in total. The molecule has 0 aliphatic rings. The average molecular weight is 427 g/mol. The first-order chi connectivity index (χ1) is 11.5. The fraction of sp³-hybridized carbons (Fsp3) is 0.143. The first kappa shape index (κ1) is 20.1. The van der Waals surface area contributed by atoms with Crippen molar-refractivity contribution in [2.75, 3.05) is 11.9 Å². The molecule has 0 aromatic heterocycles. The molecule has 10 heteroatoms. The maximum absolute atomic E-state index is 11.9. The molecule has 0 aliphatic carbocycles. The highest BCUT2D eigenvalue weighted by atomic mass is 35.5. The Morgan fingerprint density at radius 1 is 0.792 bits per heavy atom. The SMILES string of the molecule is O=[PH](OC[S@@+]([O-])c1ccc(Cl)cc1)OC[S@@+]([O-])c1ccc(Cl)cc1. The highest BCUT2D eigenvalue weighted by Crippen LogP contribution is 2.28. The molecule has 0 bridgehead atoms. The van der Waals surface area contributed by atoms with Gasteiger partial charge in [0.1, 0.15) is 0 Å². The fourth-order valence-electron chi connectivity index (χ4n) is 1.55. The average Bonchev–Trinajstić information content (AvgIpc) is 2.58. The summed E-state index contributed by atoms with van der Waals surface area (Å²) in [5.74, 6) is -0.569. The van der Waals surface area contributed by atoms with E-state index in [1.165, 1.54) is 0 Å². The lowest BCUT2D eigenvalue weighted by Crippen LogP contribution is -2.10. The maximum atomic E-state index is 11.9. The third kappa shape index (κ3) is 6.59. The van der Waals surface area contributed by atoms with Crippen LogP contribution >= 0.6 is 31.5 Å². The highest BCUT2D eigenvalue weighted by molar-refractivity contribution is 7.91. The van der Waals surface area contributed by atoms with E-state index in [0.717, 1.165) is 0 Å². The lowest BCUT2D eigenvalue weighted by atomic mass is 10.4. The molecule has 24 heavy (non-hydrogen) atoms. The molecule has 130 valence electrons. The van der Waals surface area contributed by atoms with Crippen molar-refractivity contribution in [2.24, 2.45) is 0 Å². The van der Waals surface area contributed by atoms with Crippen LogP contribution in [-0.4, -0.2) is 21.0 Å². The zero-order valence-electron chi connectivity index (χ0n) is 12.1. The van der Waals surface area contributed by atoms with Crippen LogP contribution < -0.4 is 0 Å². The second-order valence-electron chi connectivity index (χ2n) is 4.37. The minimum atomic E-state index is -2.90. The highest BCUT2D eigenvalue weighted by Gasteiger charge is 2.16. The normalized spacial score (nSPS) is 13.9. The molecule has 2 aromatic rings. The predicted molar refractivity (Wildman–Crippen MR) is 96.6 cm³/mol. The first-order valence-corrected chi connectivity index (χ1v) is 11.1. The quantitative estimate of drug-likeness (QED) is 0.465. The molecule has 2 aromatic carbocycles. The minimum absolute atomic E-state index is 0.285. The van der Waals surface area contributed by atoms with Crippen molar-refractivity contribution in [3.63, 3.8) is 0 Å². The molecule has 0 unspecified atom stereocenters. The van der Waals surface area contributed by atoms with E-state index in [1.807, 2.05) is 0 Å². The predicted octanol–water partition coefficient (Wildman–Crippen LogP) is 4.25. The van der Waals surface area contributed by atoms with Crippen LogP contribution in [0.4, 0.5) is 0 Å². The summed E-state index contributed by atoms with van der Waals surface area (Å²) in [6.07, 6.45) is 0. The van der Waals surface area contributed by atoms with Gasteiger partial charge in [0.05, 0.1) is 0 Å². The van der Waals surface area contributed by atoms with Gasteiger partial charge in [-0.3, -0.25) is 13.6 Å². The second-order valence-corrected chi connectivity index (χ2v) is 9.12. The van der Waals surface area contributed by atoms with Gasteiger partial charge in [0.25, 0.3) is 0 Å². The molecular formula is C14H13Cl2O5PS2. The summed E-state index contributed by atoms with van der Waals surface area (Å²) < 4.78 is 45.4. The van der Waals surface area contributed by atoms with Gasteiger partial charge in [0, 0.05) is 32.4 Å². The van der Waals surface area contributed by atoms with Gasteiger partial charge in [0.15, 0.2) is 9.79 Å².